The first-order valence-corrected chi connectivity index (χ1v) is 7.30. The first kappa shape index (κ1) is 13.5. The van der Waals surface area contributed by atoms with E-state index in [4.69, 9.17) is 4.52 Å². The van der Waals surface area contributed by atoms with Gasteiger partial charge in [-0.05, 0) is 25.2 Å². The van der Waals surface area contributed by atoms with Gasteiger partial charge < -0.3 is 9.84 Å². The number of aromatic nitrogens is 2. The first-order valence-electron chi connectivity index (χ1n) is 7.30. The fraction of sp³-hybridized carbons (Fsp3) is 0.857. The van der Waals surface area contributed by atoms with E-state index < -0.39 is 0 Å². The molecule has 1 N–H and O–H groups in total. The molecule has 1 aromatic heterocycles. The minimum Gasteiger partial charge on any atom is -0.340 e. The Balaban J connectivity index is 1.73. The highest BCUT2D eigenvalue weighted by molar-refractivity contribution is 4.85. The van der Waals surface area contributed by atoms with E-state index in [1.807, 2.05) is 6.92 Å². The lowest BCUT2D eigenvalue weighted by atomic mass is 9.95. The van der Waals surface area contributed by atoms with E-state index in [9.17, 15) is 0 Å². The van der Waals surface area contributed by atoms with Crippen LogP contribution in [0.15, 0.2) is 4.52 Å². The average Bonchev–Trinajstić information content (AvgIpc) is 2.64. The molecule has 0 bridgehead atoms. The van der Waals surface area contributed by atoms with Gasteiger partial charge in [-0.3, -0.25) is 0 Å². The predicted molar refractivity (Wildman–Crippen MR) is 71.1 cm³/mol. The van der Waals surface area contributed by atoms with Crippen LogP contribution in [0.1, 0.15) is 63.6 Å². The van der Waals surface area contributed by atoms with Gasteiger partial charge in [-0.2, -0.15) is 4.98 Å². The second-order valence-corrected chi connectivity index (χ2v) is 5.47. The molecule has 0 radical (unpaired) electrons. The van der Waals surface area contributed by atoms with E-state index >= 15 is 0 Å². The van der Waals surface area contributed by atoms with Gasteiger partial charge in [0.25, 0.3) is 0 Å². The summed E-state index contributed by atoms with van der Waals surface area (Å²) >= 11 is 0. The second-order valence-electron chi connectivity index (χ2n) is 5.47. The van der Waals surface area contributed by atoms with Crippen LogP contribution in [0.5, 0.6) is 0 Å². The zero-order chi connectivity index (χ0) is 12.8. The fourth-order valence-electron chi connectivity index (χ4n) is 2.93. The fourth-order valence-corrected chi connectivity index (χ4v) is 2.93. The molecule has 4 heteroatoms. The Bertz CT molecular complexity index is 351. The monoisotopic (exact) mass is 251 g/mol. The zero-order valence-electron chi connectivity index (χ0n) is 11.6. The third kappa shape index (κ3) is 4.09. The number of nitrogens with zero attached hydrogens (tertiary/aromatic N) is 2. The Kier molecular flexibility index (Phi) is 5.17. The molecule has 1 aliphatic rings. The highest BCUT2D eigenvalue weighted by atomic mass is 16.5. The molecule has 2 unspecified atom stereocenters. The minimum atomic E-state index is 0.630. The second kappa shape index (κ2) is 6.88. The quantitative estimate of drug-likeness (QED) is 0.816. The van der Waals surface area contributed by atoms with Crippen molar-refractivity contribution in [3.8, 4) is 0 Å². The highest BCUT2D eigenvalue weighted by Gasteiger charge is 2.18. The van der Waals surface area contributed by atoms with Gasteiger partial charge in [-0.1, -0.05) is 37.8 Å². The van der Waals surface area contributed by atoms with Crippen LogP contribution < -0.4 is 5.32 Å². The van der Waals surface area contributed by atoms with Gasteiger partial charge in [0.05, 0.1) is 6.54 Å². The normalized spacial score (nSPS) is 25.0. The van der Waals surface area contributed by atoms with Crippen molar-refractivity contribution in [1.82, 2.24) is 15.5 Å². The maximum Gasteiger partial charge on any atom is 0.223 e. The third-order valence-corrected chi connectivity index (χ3v) is 3.90. The van der Waals surface area contributed by atoms with Crippen LogP contribution in [0.4, 0.5) is 0 Å². The maximum absolute atomic E-state index is 4.98. The third-order valence-electron chi connectivity index (χ3n) is 3.90. The van der Waals surface area contributed by atoms with Gasteiger partial charge in [0.15, 0.2) is 5.82 Å². The summed E-state index contributed by atoms with van der Waals surface area (Å²) in [6.45, 7) is 4.86. The summed E-state index contributed by atoms with van der Waals surface area (Å²) < 4.78 is 4.98. The van der Waals surface area contributed by atoms with Gasteiger partial charge in [-0.25, -0.2) is 0 Å². The van der Waals surface area contributed by atoms with E-state index in [-0.39, 0.29) is 0 Å². The van der Waals surface area contributed by atoms with Crippen LogP contribution in [0.3, 0.4) is 0 Å². The van der Waals surface area contributed by atoms with Gasteiger partial charge in [-0.15, -0.1) is 0 Å². The number of hydrogen-bond donors (Lipinski definition) is 1. The maximum atomic E-state index is 4.98. The lowest BCUT2D eigenvalue weighted by Crippen LogP contribution is -2.28. The zero-order valence-corrected chi connectivity index (χ0v) is 11.6. The molecule has 2 atom stereocenters. The van der Waals surface area contributed by atoms with Crippen LogP contribution in [0.25, 0.3) is 0 Å². The number of hydrogen-bond acceptors (Lipinski definition) is 4. The molecular weight excluding hydrogens is 226 g/mol. The van der Waals surface area contributed by atoms with Crippen LogP contribution in [0.2, 0.25) is 0 Å². The van der Waals surface area contributed by atoms with Crippen molar-refractivity contribution < 1.29 is 4.52 Å². The molecule has 0 aliphatic heterocycles. The summed E-state index contributed by atoms with van der Waals surface area (Å²) in [4.78, 5) is 4.22. The van der Waals surface area contributed by atoms with E-state index in [1.54, 1.807) is 0 Å². The molecule has 0 saturated heterocycles. The van der Waals surface area contributed by atoms with Crippen molar-refractivity contribution in [3.05, 3.63) is 11.7 Å². The molecule has 2 rings (SSSR count). The molecule has 1 heterocycles. The van der Waals surface area contributed by atoms with Gasteiger partial charge in [0, 0.05) is 13.0 Å². The molecule has 0 spiro atoms. The van der Waals surface area contributed by atoms with Crippen LogP contribution in [-0.4, -0.2) is 16.2 Å². The molecule has 1 aromatic rings. The molecule has 4 nitrogen and oxygen atoms in total. The lowest BCUT2D eigenvalue weighted by molar-refractivity contribution is 0.378. The Morgan fingerprint density at radius 1 is 1.28 bits per heavy atom. The van der Waals surface area contributed by atoms with E-state index in [0.29, 0.717) is 11.9 Å². The molecule has 1 aliphatic carbocycles. The highest BCUT2D eigenvalue weighted by Crippen LogP contribution is 2.26. The first-order chi connectivity index (χ1) is 8.78. The van der Waals surface area contributed by atoms with Gasteiger partial charge in [0.2, 0.25) is 5.89 Å². The van der Waals surface area contributed by atoms with Gasteiger partial charge >= 0.3 is 0 Å². The van der Waals surface area contributed by atoms with Crippen LogP contribution in [-0.2, 0) is 6.54 Å². The Morgan fingerprint density at radius 2 is 2.17 bits per heavy atom. The SMILES string of the molecule is CCCC1CCCC(NCc2noc(C)n2)CC1. The van der Waals surface area contributed by atoms with Crippen molar-refractivity contribution in [2.45, 2.75) is 71.4 Å². The molecule has 102 valence electrons. The van der Waals surface area contributed by atoms with E-state index in [1.165, 1.54) is 44.9 Å². The summed E-state index contributed by atoms with van der Waals surface area (Å²) in [6, 6.07) is 0.630. The van der Waals surface area contributed by atoms with Crippen molar-refractivity contribution in [1.29, 1.82) is 0 Å². The van der Waals surface area contributed by atoms with Gasteiger partial charge in [0.1, 0.15) is 0 Å². The number of aryl methyl sites for hydroxylation is 1. The smallest absolute Gasteiger partial charge is 0.223 e. The standard InChI is InChI=1S/C14H25N3O/c1-3-5-12-6-4-7-13(9-8-12)15-10-14-16-11(2)18-17-14/h12-13,15H,3-10H2,1-2H3. The Morgan fingerprint density at radius 3 is 2.89 bits per heavy atom. The van der Waals surface area contributed by atoms with Crippen molar-refractivity contribution in [3.63, 3.8) is 0 Å². The number of nitrogens with one attached hydrogen (secondary N) is 1. The molecule has 18 heavy (non-hydrogen) atoms. The topological polar surface area (TPSA) is 51.0 Å². The molecule has 0 aromatic carbocycles. The predicted octanol–water partition coefficient (Wildman–Crippen LogP) is 3.22. The van der Waals surface area contributed by atoms with E-state index in [2.05, 4.69) is 22.4 Å². The number of rotatable bonds is 5. The van der Waals surface area contributed by atoms with Crippen molar-refractivity contribution in [2.24, 2.45) is 5.92 Å². The van der Waals surface area contributed by atoms with Crippen molar-refractivity contribution >= 4 is 0 Å². The largest absolute Gasteiger partial charge is 0.340 e. The summed E-state index contributed by atoms with van der Waals surface area (Å²) in [7, 11) is 0. The summed E-state index contributed by atoms with van der Waals surface area (Å²) in [5.41, 5.74) is 0. The average molecular weight is 251 g/mol. The van der Waals surface area contributed by atoms with E-state index in [0.717, 1.165) is 18.3 Å². The Hall–Kier alpha value is -0.900. The van der Waals surface area contributed by atoms with Crippen LogP contribution in [0, 0.1) is 12.8 Å². The summed E-state index contributed by atoms with van der Waals surface area (Å²) in [5.74, 6) is 2.38. The lowest BCUT2D eigenvalue weighted by Gasteiger charge is -2.15. The molecular formula is C14H25N3O. The molecule has 1 fully saturated rings. The summed E-state index contributed by atoms with van der Waals surface area (Å²) in [6.07, 6.45) is 9.44. The van der Waals surface area contributed by atoms with Crippen LogP contribution >= 0.6 is 0 Å². The molecule has 0 amide bonds. The Labute approximate surface area is 110 Å². The molecule has 1 saturated carbocycles. The summed E-state index contributed by atoms with van der Waals surface area (Å²) in [5, 5.41) is 7.49. The van der Waals surface area contributed by atoms with Crippen molar-refractivity contribution in [2.75, 3.05) is 0 Å². The minimum absolute atomic E-state index is 0.630.